The minimum atomic E-state index is -3.30. The fraction of sp³-hybridized carbons (Fsp3) is 0.769. The molecule has 146 valence electrons. The Labute approximate surface area is 152 Å². The van der Waals surface area contributed by atoms with Crippen LogP contribution >= 0.6 is 18.1 Å². The molecule has 0 aliphatic heterocycles. The van der Waals surface area contributed by atoms with Crippen molar-refractivity contribution in [1.29, 1.82) is 5.41 Å². The first kappa shape index (κ1) is 23.7. The molecule has 0 heterocycles. The number of hydrogen-bond donors (Lipinski definition) is 4. The second-order valence-electron chi connectivity index (χ2n) is 5.37. The van der Waals surface area contributed by atoms with Gasteiger partial charge < -0.3 is 25.6 Å². The van der Waals surface area contributed by atoms with Crippen molar-refractivity contribution in [2.45, 2.75) is 39.8 Å². The van der Waals surface area contributed by atoms with Gasteiger partial charge in [-0.05, 0) is 27.7 Å². The third-order valence-corrected chi connectivity index (χ3v) is 6.85. The lowest BCUT2D eigenvalue weighted by molar-refractivity contribution is -0.149. The van der Waals surface area contributed by atoms with Crippen molar-refractivity contribution in [2.24, 2.45) is 16.5 Å². The summed E-state index contributed by atoms with van der Waals surface area (Å²) in [6.07, 6.45) is -0.258. The minimum Gasteiger partial charge on any atom is -0.462 e. The van der Waals surface area contributed by atoms with Gasteiger partial charge in [-0.1, -0.05) is 11.4 Å². The summed E-state index contributed by atoms with van der Waals surface area (Å²) in [5.41, 5.74) is 10.4. The van der Waals surface area contributed by atoms with E-state index in [-0.39, 0.29) is 24.6 Å². The van der Waals surface area contributed by atoms with E-state index in [9.17, 15) is 9.36 Å². The SMILES string of the molecule is CCOP(=O)(N[C@@H](C)C(=O)OC(C)C)SCCN(C)C(=N)N=C(N)N. The number of esters is 1. The Morgan fingerprint density at radius 1 is 1.40 bits per heavy atom. The van der Waals surface area contributed by atoms with Gasteiger partial charge in [0.1, 0.15) is 6.04 Å². The molecule has 0 fully saturated rings. The van der Waals surface area contributed by atoms with Crippen LogP contribution in [-0.4, -0.2) is 60.9 Å². The number of carbonyl (C=O) groups is 1. The molecule has 0 radical (unpaired) electrons. The van der Waals surface area contributed by atoms with Crippen molar-refractivity contribution in [3.8, 4) is 0 Å². The molecule has 0 aromatic heterocycles. The van der Waals surface area contributed by atoms with Gasteiger partial charge in [0.15, 0.2) is 5.96 Å². The van der Waals surface area contributed by atoms with Gasteiger partial charge >= 0.3 is 12.7 Å². The van der Waals surface area contributed by atoms with Crippen molar-refractivity contribution in [3.63, 3.8) is 0 Å². The molecule has 0 rings (SSSR count). The number of nitrogens with one attached hydrogen (secondary N) is 2. The van der Waals surface area contributed by atoms with Crippen LogP contribution in [0.3, 0.4) is 0 Å². The maximum Gasteiger partial charge on any atom is 0.327 e. The Hall–Kier alpha value is -1.29. The summed E-state index contributed by atoms with van der Waals surface area (Å²) >= 11 is 1.04. The monoisotopic (exact) mass is 396 g/mol. The summed E-state index contributed by atoms with van der Waals surface area (Å²) in [5, 5.41) is 10.4. The highest BCUT2D eigenvalue weighted by Gasteiger charge is 2.29. The van der Waals surface area contributed by atoms with E-state index < -0.39 is 18.7 Å². The third-order valence-electron chi connectivity index (χ3n) is 2.64. The summed E-state index contributed by atoms with van der Waals surface area (Å²) in [7, 11) is 1.64. The van der Waals surface area contributed by atoms with Crippen LogP contribution in [0.25, 0.3) is 0 Å². The molecular weight excluding hydrogens is 367 g/mol. The number of rotatable bonds is 10. The molecule has 1 unspecified atom stereocenters. The topological polar surface area (TPSA) is 156 Å². The average molecular weight is 396 g/mol. The number of nitrogens with zero attached hydrogens (tertiary/aromatic N) is 2. The molecule has 0 spiro atoms. The molecule has 6 N–H and O–H groups in total. The average Bonchev–Trinajstić information content (AvgIpc) is 2.45. The van der Waals surface area contributed by atoms with E-state index in [4.69, 9.17) is 26.1 Å². The fourth-order valence-electron chi connectivity index (χ4n) is 1.52. The molecule has 0 aromatic carbocycles. The second-order valence-corrected chi connectivity index (χ2v) is 9.76. The van der Waals surface area contributed by atoms with Crippen molar-refractivity contribution in [2.75, 3.05) is 26.0 Å². The maximum absolute atomic E-state index is 12.8. The number of guanidine groups is 2. The minimum absolute atomic E-state index is 0.103. The first-order valence-electron chi connectivity index (χ1n) is 7.77. The van der Waals surface area contributed by atoms with Crippen molar-refractivity contribution in [3.05, 3.63) is 0 Å². The van der Waals surface area contributed by atoms with E-state index in [1.807, 2.05) is 0 Å². The van der Waals surface area contributed by atoms with Crippen molar-refractivity contribution >= 4 is 36.0 Å². The fourth-order valence-corrected chi connectivity index (χ4v) is 5.46. The number of carbonyl (C=O) groups excluding carboxylic acids is 1. The molecule has 10 nitrogen and oxygen atoms in total. The van der Waals surface area contributed by atoms with Gasteiger partial charge in [0.05, 0.1) is 12.7 Å². The number of hydrogen-bond acceptors (Lipinski definition) is 6. The molecule has 25 heavy (non-hydrogen) atoms. The zero-order valence-corrected chi connectivity index (χ0v) is 17.0. The first-order valence-corrected chi connectivity index (χ1v) is 11.0. The first-order chi connectivity index (χ1) is 11.5. The summed E-state index contributed by atoms with van der Waals surface area (Å²) in [6.45, 7) is 4.05. The molecule has 12 heteroatoms. The van der Waals surface area contributed by atoms with E-state index in [2.05, 4.69) is 10.1 Å². The predicted octanol–water partition coefficient (Wildman–Crippen LogP) is 0.934. The van der Waals surface area contributed by atoms with Gasteiger partial charge in [0.25, 0.3) is 0 Å². The largest absolute Gasteiger partial charge is 0.462 e. The van der Waals surface area contributed by atoms with Crippen molar-refractivity contribution in [1.82, 2.24) is 9.99 Å². The highest BCUT2D eigenvalue weighted by molar-refractivity contribution is 8.56. The predicted molar refractivity (Wildman–Crippen MR) is 102 cm³/mol. The Morgan fingerprint density at radius 3 is 2.48 bits per heavy atom. The Kier molecular flexibility index (Phi) is 10.8. The van der Waals surface area contributed by atoms with Crippen LogP contribution < -0.4 is 16.6 Å². The van der Waals surface area contributed by atoms with E-state index in [0.717, 1.165) is 11.4 Å². The Morgan fingerprint density at radius 2 is 2.00 bits per heavy atom. The summed E-state index contributed by atoms with van der Waals surface area (Å²) < 4.78 is 23.2. The molecule has 0 saturated heterocycles. The van der Waals surface area contributed by atoms with Crippen LogP contribution in [0.4, 0.5) is 0 Å². The smallest absolute Gasteiger partial charge is 0.327 e. The van der Waals surface area contributed by atoms with Crippen molar-refractivity contribution < 1.29 is 18.6 Å². The Balaban J connectivity index is 4.67. The molecular formula is C13H29N6O4PS. The summed E-state index contributed by atoms with van der Waals surface area (Å²) in [6, 6.07) is -0.773. The van der Waals surface area contributed by atoms with Gasteiger partial charge in [-0.2, -0.15) is 4.99 Å². The van der Waals surface area contributed by atoms with Crippen LogP contribution in [0.1, 0.15) is 27.7 Å². The van der Waals surface area contributed by atoms with Crippen LogP contribution in [0.2, 0.25) is 0 Å². The van der Waals surface area contributed by atoms with Crippen LogP contribution in [-0.2, 0) is 18.6 Å². The highest BCUT2D eigenvalue weighted by Crippen LogP contribution is 2.56. The van der Waals surface area contributed by atoms with Gasteiger partial charge in [-0.25, -0.2) is 5.09 Å². The zero-order chi connectivity index (χ0) is 19.6. The van der Waals surface area contributed by atoms with E-state index in [0.29, 0.717) is 12.3 Å². The van der Waals surface area contributed by atoms with Gasteiger partial charge in [-0.15, -0.1) is 0 Å². The number of ether oxygens (including phenoxy) is 1. The maximum atomic E-state index is 12.8. The molecule has 0 bridgehead atoms. The van der Waals surface area contributed by atoms with E-state index in [1.165, 1.54) is 4.90 Å². The normalized spacial score (nSPS) is 14.5. The highest BCUT2D eigenvalue weighted by atomic mass is 32.7. The molecule has 2 atom stereocenters. The molecule has 0 saturated carbocycles. The van der Waals surface area contributed by atoms with E-state index in [1.54, 1.807) is 34.7 Å². The van der Waals surface area contributed by atoms with Gasteiger partial charge in [0, 0.05) is 19.3 Å². The molecule has 0 aliphatic rings. The van der Waals surface area contributed by atoms with Crippen LogP contribution in [0.5, 0.6) is 0 Å². The summed E-state index contributed by atoms with van der Waals surface area (Å²) in [4.78, 5) is 17.0. The molecule has 0 amide bonds. The Bertz CT molecular complexity index is 527. The van der Waals surface area contributed by atoms with Crippen LogP contribution in [0, 0.1) is 5.41 Å². The molecule has 0 aliphatic carbocycles. The quantitative estimate of drug-likeness (QED) is 0.182. The lowest BCUT2D eigenvalue weighted by Crippen LogP contribution is -2.35. The zero-order valence-electron chi connectivity index (χ0n) is 15.3. The number of aliphatic imine (C=N–C) groups is 1. The van der Waals surface area contributed by atoms with Gasteiger partial charge in [0.2, 0.25) is 5.96 Å². The molecule has 0 aromatic rings. The standard InChI is InChI=1S/C13H29N6O4PS/c1-6-22-24(21,18-10(4)11(20)23-9(2)3)25-8-7-19(5)13(16)17-12(14)15/h9-10H,6-8H2,1-5H3,(H,18,21)(H5,14,15,16,17)/t10-,24?/m0/s1. The number of nitrogens with two attached hydrogens (primary N) is 2. The lowest BCUT2D eigenvalue weighted by Gasteiger charge is -2.23. The van der Waals surface area contributed by atoms with Crippen LogP contribution in [0.15, 0.2) is 4.99 Å². The summed E-state index contributed by atoms with van der Waals surface area (Å²) in [5.74, 6) is -0.436. The van der Waals surface area contributed by atoms with E-state index >= 15 is 0 Å². The second kappa shape index (κ2) is 11.3. The van der Waals surface area contributed by atoms with Gasteiger partial charge in [-0.3, -0.25) is 14.8 Å². The lowest BCUT2D eigenvalue weighted by atomic mass is 10.4. The third kappa shape index (κ3) is 10.3.